The van der Waals surface area contributed by atoms with Crippen molar-refractivity contribution < 1.29 is 14.3 Å². The number of aromatic nitrogens is 1. The van der Waals surface area contributed by atoms with Crippen LogP contribution in [-0.2, 0) is 0 Å². The highest BCUT2D eigenvalue weighted by Gasteiger charge is 2.21. The zero-order valence-electron chi connectivity index (χ0n) is 14.9. The molecule has 1 heterocycles. The predicted octanol–water partition coefficient (Wildman–Crippen LogP) is 3.89. The maximum atomic E-state index is 13.0. The van der Waals surface area contributed by atoms with Gasteiger partial charge in [0.2, 0.25) is 0 Å². The van der Waals surface area contributed by atoms with E-state index in [1.165, 1.54) is 36.4 Å². The molecule has 1 aromatic heterocycles. The third-order valence-corrected chi connectivity index (χ3v) is 5.05. The van der Waals surface area contributed by atoms with Crippen LogP contribution in [-0.4, -0.2) is 21.6 Å². The van der Waals surface area contributed by atoms with E-state index in [9.17, 15) is 24.8 Å². The van der Waals surface area contributed by atoms with E-state index >= 15 is 0 Å². The summed E-state index contributed by atoms with van der Waals surface area (Å²) in [6.45, 7) is 0. The van der Waals surface area contributed by atoms with Gasteiger partial charge < -0.3 is 10.8 Å². The molecule has 8 heteroatoms. The first-order valence-electron chi connectivity index (χ1n) is 8.29. The van der Waals surface area contributed by atoms with Gasteiger partial charge in [-0.15, -0.1) is 0 Å². The topological polar surface area (TPSA) is 124 Å². The smallest absolute Gasteiger partial charge is 0.173 e. The molecule has 0 radical (unpaired) electrons. The van der Waals surface area contributed by atoms with Gasteiger partial charge in [-0.2, -0.15) is 10.5 Å². The van der Waals surface area contributed by atoms with Crippen molar-refractivity contribution in [3.8, 4) is 29.0 Å². The summed E-state index contributed by atoms with van der Waals surface area (Å²) in [7, 11) is 0. The minimum absolute atomic E-state index is 0.0345. The van der Waals surface area contributed by atoms with Gasteiger partial charge in [0.1, 0.15) is 40.1 Å². The molecule has 0 saturated heterocycles. The number of pyridine rings is 1. The number of carbonyl (C=O) groups is 1. The Hall–Kier alpha value is -3.88. The number of ketones is 1. The summed E-state index contributed by atoms with van der Waals surface area (Å²) in [4.78, 5) is 16.5. The fourth-order valence-electron chi connectivity index (χ4n) is 2.67. The first-order valence-corrected chi connectivity index (χ1v) is 9.27. The van der Waals surface area contributed by atoms with Crippen LogP contribution in [0.5, 0.6) is 5.75 Å². The Morgan fingerprint density at radius 2 is 1.69 bits per heavy atom. The first-order chi connectivity index (χ1) is 13.9. The number of hydrogen-bond acceptors (Lipinski definition) is 7. The van der Waals surface area contributed by atoms with Crippen molar-refractivity contribution in [3.63, 3.8) is 0 Å². The number of nitrogen functional groups attached to an aromatic ring is 1. The molecule has 0 aliphatic carbocycles. The number of Topliss-reactive ketones (excluding diaryl/α,β-unsaturated/α-hetero) is 1. The van der Waals surface area contributed by atoms with Gasteiger partial charge in [-0.1, -0.05) is 23.9 Å². The highest BCUT2D eigenvalue weighted by molar-refractivity contribution is 8.00. The predicted molar refractivity (Wildman–Crippen MR) is 107 cm³/mol. The second-order valence-corrected chi connectivity index (χ2v) is 6.88. The minimum atomic E-state index is -0.443. The van der Waals surface area contributed by atoms with Crippen LogP contribution in [0.4, 0.5) is 10.2 Å². The average molecular weight is 404 g/mol. The van der Waals surface area contributed by atoms with Gasteiger partial charge in [-0.25, -0.2) is 9.37 Å². The third kappa shape index (κ3) is 4.18. The first kappa shape index (κ1) is 19.9. The molecule has 0 amide bonds. The largest absolute Gasteiger partial charge is 0.508 e. The van der Waals surface area contributed by atoms with Gasteiger partial charge in [-0.3, -0.25) is 4.79 Å². The van der Waals surface area contributed by atoms with Crippen LogP contribution in [0.3, 0.4) is 0 Å². The summed E-state index contributed by atoms with van der Waals surface area (Å²) in [5.74, 6) is -0.789. The van der Waals surface area contributed by atoms with Crippen LogP contribution in [0.2, 0.25) is 0 Å². The number of phenolic OH excluding ortho intramolecular Hbond substituents is 1. The number of aromatic hydroxyl groups is 1. The Morgan fingerprint density at radius 3 is 2.28 bits per heavy atom. The van der Waals surface area contributed by atoms with Gasteiger partial charge in [0.15, 0.2) is 5.78 Å². The molecule has 0 aliphatic heterocycles. The molecular formula is C21H13FN4O2S. The normalized spacial score (nSPS) is 10.2. The van der Waals surface area contributed by atoms with Crippen LogP contribution >= 0.6 is 11.8 Å². The molecule has 0 unspecified atom stereocenters. The molecule has 0 aliphatic rings. The standard InChI is InChI=1S/C21H13FN4O2S/c22-14-5-1-12(2-6-14)18(28)11-29-21-17(10-24)19(16(9-23)20(25)26-21)13-3-7-15(27)8-4-13/h1-8,27H,11H2,(H2,25,26). The lowest BCUT2D eigenvalue weighted by atomic mass is 9.97. The summed E-state index contributed by atoms with van der Waals surface area (Å²) in [6, 6.07) is 15.1. The van der Waals surface area contributed by atoms with E-state index in [0.29, 0.717) is 16.7 Å². The van der Waals surface area contributed by atoms with Gasteiger partial charge in [-0.05, 0) is 42.0 Å². The van der Waals surface area contributed by atoms with Crippen molar-refractivity contribution in [2.24, 2.45) is 0 Å². The van der Waals surface area contributed by atoms with E-state index in [1.54, 1.807) is 12.1 Å². The molecule has 3 rings (SSSR count). The van der Waals surface area contributed by atoms with Crippen molar-refractivity contribution in [2.45, 2.75) is 5.03 Å². The number of phenols is 1. The van der Waals surface area contributed by atoms with E-state index in [0.717, 1.165) is 11.8 Å². The number of nitrogens with two attached hydrogens (primary N) is 1. The number of carbonyl (C=O) groups excluding carboxylic acids is 1. The second-order valence-electron chi connectivity index (χ2n) is 5.92. The maximum absolute atomic E-state index is 13.0. The number of benzene rings is 2. The van der Waals surface area contributed by atoms with Crippen LogP contribution in [0, 0.1) is 28.5 Å². The van der Waals surface area contributed by atoms with E-state index in [-0.39, 0.29) is 39.3 Å². The third-order valence-electron chi connectivity index (χ3n) is 4.08. The van der Waals surface area contributed by atoms with E-state index in [2.05, 4.69) is 4.98 Å². The van der Waals surface area contributed by atoms with E-state index < -0.39 is 5.82 Å². The molecular weight excluding hydrogens is 391 g/mol. The van der Waals surface area contributed by atoms with Gasteiger partial charge >= 0.3 is 0 Å². The summed E-state index contributed by atoms with van der Waals surface area (Å²) >= 11 is 1.01. The van der Waals surface area contributed by atoms with Crippen molar-refractivity contribution in [3.05, 3.63) is 71.0 Å². The van der Waals surface area contributed by atoms with Crippen molar-refractivity contribution in [2.75, 3.05) is 11.5 Å². The highest BCUT2D eigenvalue weighted by Crippen LogP contribution is 2.36. The lowest BCUT2D eigenvalue weighted by Crippen LogP contribution is -2.06. The molecule has 6 nitrogen and oxygen atoms in total. The molecule has 3 N–H and O–H groups in total. The Balaban J connectivity index is 2.00. The maximum Gasteiger partial charge on any atom is 0.173 e. The van der Waals surface area contributed by atoms with Crippen LogP contribution in [0.25, 0.3) is 11.1 Å². The van der Waals surface area contributed by atoms with Gasteiger partial charge in [0.25, 0.3) is 0 Å². The fourth-order valence-corrected chi connectivity index (χ4v) is 3.56. The minimum Gasteiger partial charge on any atom is -0.508 e. The number of nitrogens with zero attached hydrogens (tertiary/aromatic N) is 3. The lowest BCUT2D eigenvalue weighted by Gasteiger charge is -2.13. The molecule has 29 heavy (non-hydrogen) atoms. The fraction of sp³-hybridized carbons (Fsp3) is 0.0476. The molecule has 142 valence electrons. The number of hydrogen-bond donors (Lipinski definition) is 2. The molecule has 0 saturated carbocycles. The number of rotatable bonds is 5. The summed E-state index contributed by atoms with van der Waals surface area (Å²) < 4.78 is 13.0. The number of halogens is 1. The van der Waals surface area contributed by atoms with Crippen LogP contribution < -0.4 is 5.73 Å². The average Bonchev–Trinajstić information content (AvgIpc) is 2.72. The second kappa shape index (κ2) is 8.42. The van der Waals surface area contributed by atoms with Crippen LogP contribution in [0.1, 0.15) is 21.5 Å². The zero-order chi connectivity index (χ0) is 21.0. The summed E-state index contributed by atoms with van der Waals surface area (Å²) in [5, 5.41) is 28.9. The summed E-state index contributed by atoms with van der Waals surface area (Å²) in [5.41, 5.74) is 7.21. The Morgan fingerprint density at radius 1 is 1.07 bits per heavy atom. The Kier molecular flexibility index (Phi) is 5.77. The van der Waals surface area contributed by atoms with Crippen LogP contribution in [0.15, 0.2) is 53.6 Å². The molecule has 0 bridgehead atoms. The van der Waals surface area contributed by atoms with E-state index in [4.69, 9.17) is 5.73 Å². The molecule has 0 fully saturated rings. The number of thioether (sulfide) groups is 1. The number of nitriles is 2. The lowest BCUT2D eigenvalue weighted by molar-refractivity contribution is 0.102. The van der Waals surface area contributed by atoms with Crippen molar-refractivity contribution in [1.29, 1.82) is 10.5 Å². The van der Waals surface area contributed by atoms with Crippen molar-refractivity contribution in [1.82, 2.24) is 4.98 Å². The molecule has 2 aromatic carbocycles. The molecule has 0 atom stereocenters. The monoisotopic (exact) mass is 404 g/mol. The highest BCUT2D eigenvalue weighted by atomic mass is 32.2. The Bertz CT molecular complexity index is 1160. The molecule has 0 spiro atoms. The summed E-state index contributed by atoms with van der Waals surface area (Å²) in [6.07, 6.45) is 0. The van der Waals surface area contributed by atoms with E-state index in [1.807, 2.05) is 12.1 Å². The zero-order valence-corrected chi connectivity index (χ0v) is 15.7. The molecule has 3 aromatic rings. The quantitative estimate of drug-likeness (QED) is 0.488. The van der Waals surface area contributed by atoms with Crippen molar-refractivity contribution >= 4 is 23.4 Å². The Labute approximate surface area is 170 Å². The SMILES string of the molecule is N#Cc1c(N)nc(SCC(=O)c2ccc(F)cc2)c(C#N)c1-c1ccc(O)cc1. The van der Waals surface area contributed by atoms with Gasteiger partial charge in [0, 0.05) is 11.1 Å². The number of anilines is 1. The van der Waals surface area contributed by atoms with Gasteiger partial charge in [0.05, 0.1) is 11.3 Å².